The topological polar surface area (TPSA) is 63.7 Å². The second-order valence-electron chi connectivity index (χ2n) is 10.3. The molecule has 0 aromatic heterocycles. The zero-order chi connectivity index (χ0) is 24.6. The van der Waals surface area contributed by atoms with Crippen LogP contribution in [0.2, 0.25) is 0 Å². The van der Waals surface area contributed by atoms with Crippen LogP contribution in [0.4, 0.5) is 5.69 Å². The summed E-state index contributed by atoms with van der Waals surface area (Å²) in [6.45, 7) is 15.2. The lowest BCUT2D eigenvalue weighted by molar-refractivity contribution is -0.00525. The molecular weight excluding hydrogens is 434 g/mol. The van der Waals surface area contributed by atoms with Crippen LogP contribution >= 0.6 is 0 Å². The van der Waals surface area contributed by atoms with Crippen molar-refractivity contribution in [3.05, 3.63) is 64.2 Å². The number of nitrogens with zero attached hydrogens (tertiary/aromatic N) is 1. The first-order valence-corrected chi connectivity index (χ1v) is 13.3. The molecule has 180 valence electrons. The highest BCUT2D eigenvalue weighted by atomic mass is 32.2. The van der Waals surface area contributed by atoms with Gasteiger partial charge in [-0.25, -0.2) is 8.42 Å². The third-order valence-corrected chi connectivity index (χ3v) is 9.13. The zero-order valence-electron chi connectivity index (χ0n) is 20.9. The summed E-state index contributed by atoms with van der Waals surface area (Å²) in [4.78, 5) is 15.3. The minimum Gasteiger partial charge on any atom is -0.372 e. The number of hydrogen-bond donors (Lipinski definition) is 0. The summed E-state index contributed by atoms with van der Waals surface area (Å²) in [5, 5.41) is 0. The van der Waals surface area contributed by atoms with Gasteiger partial charge < -0.3 is 9.64 Å². The molecule has 0 saturated carbocycles. The number of carbonyl (C=O) groups is 1. The minimum atomic E-state index is -3.26. The summed E-state index contributed by atoms with van der Waals surface area (Å²) in [5.74, 6) is 0.00727. The molecular formula is C27H37NO4S. The number of ketones is 1. The molecule has 1 heterocycles. The van der Waals surface area contributed by atoms with Crippen molar-refractivity contribution < 1.29 is 17.9 Å². The summed E-state index contributed by atoms with van der Waals surface area (Å²) in [5.41, 5.74) is 5.87. The van der Waals surface area contributed by atoms with Gasteiger partial charge in [0.15, 0.2) is 15.6 Å². The van der Waals surface area contributed by atoms with Crippen LogP contribution in [0.15, 0.2) is 36.4 Å². The van der Waals surface area contributed by atoms with Crippen molar-refractivity contribution in [3.63, 3.8) is 0 Å². The van der Waals surface area contributed by atoms with E-state index < -0.39 is 14.6 Å². The van der Waals surface area contributed by atoms with Crippen LogP contribution in [-0.4, -0.2) is 44.2 Å². The van der Waals surface area contributed by atoms with Crippen molar-refractivity contribution in [1.82, 2.24) is 0 Å². The molecule has 2 aromatic rings. The first kappa shape index (κ1) is 25.4. The van der Waals surface area contributed by atoms with E-state index in [1.807, 2.05) is 0 Å². The number of Topliss-reactive ketones (excluding diaryl/α,β-unsaturated/α-hetero) is 1. The molecule has 0 amide bonds. The van der Waals surface area contributed by atoms with E-state index in [-0.39, 0.29) is 23.7 Å². The fourth-order valence-corrected chi connectivity index (χ4v) is 5.33. The monoisotopic (exact) mass is 471 g/mol. The molecule has 2 atom stereocenters. The first-order valence-electron chi connectivity index (χ1n) is 11.6. The number of carbonyl (C=O) groups excluding carboxylic acids is 1. The van der Waals surface area contributed by atoms with Gasteiger partial charge in [0.25, 0.3) is 0 Å². The third kappa shape index (κ3) is 5.85. The van der Waals surface area contributed by atoms with Crippen molar-refractivity contribution in [2.45, 2.75) is 77.6 Å². The summed E-state index contributed by atoms with van der Waals surface area (Å²) < 4.78 is 30.0. The molecule has 1 saturated heterocycles. The highest BCUT2D eigenvalue weighted by Crippen LogP contribution is 2.29. The lowest BCUT2D eigenvalue weighted by Crippen LogP contribution is -2.45. The second kappa shape index (κ2) is 9.59. The molecule has 0 spiro atoms. The van der Waals surface area contributed by atoms with Crippen LogP contribution < -0.4 is 4.90 Å². The van der Waals surface area contributed by atoms with E-state index in [9.17, 15) is 13.2 Å². The number of morpholine rings is 1. The summed E-state index contributed by atoms with van der Waals surface area (Å²) in [7, 11) is -3.26. The molecule has 0 N–H and O–H groups in total. The molecule has 33 heavy (non-hydrogen) atoms. The lowest BCUT2D eigenvalue weighted by Gasteiger charge is -2.38. The van der Waals surface area contributed by atoms with Gasteiger partial charge in [0, 0.05) is 30.8 Å². The van der Waals surface area contributed by atoms with Crippen LogP contribution in [-0.2, 0) is 26.7 Å². The van der Waals surface area contributed by atoms with Crippen LogP contribution in [0.25, 0.3) is 0 Å². The average molecular weight is 472 g/mol. The standard InChI is InChI=1S/C27H37NO4S/c1-18-15-28(16-19(2)32-18)25-13-12-24(20(3)21(25)4)14-26(29)23-10-8-22(9-11-23)17-33(30,31)27(5,6)7/h8-13,18-19H,14-17H2,1-7H3/t18-,19+. The molecule has 1 aliphatic rings. The Bertz CT molecular complexity index is 1100. The Balaban J connectivity index is 1.73. The highest BCUT2D eigenvalue weighted by molar-refractivity contribution is 7.91. The third-order valence-electron chi connectivity index (χ3n) is 6.55. The van der Waals surface area contributed by atoms with Gasteiger partial charge in [-0.15, -0.1) is 0 Å². The van der Waals surface area contributed by atoms with E-state index in [2.05, 4.69) is 44.7 Å². The number of hydrogen-bond acceptors (Lipinski definition) is 5. The van der Waals surface area contributed by atoms with Gasteiger partial charge in [-0.1, -0.05) is 30.3 Å². The molecule has 0 bridgehead atoms. The maximum atomic E-state index is 13.0. The Kier molecular flexibility index (Phi) is 7.39. The van der Waals surface area contributed by atoms with Crippen molar-refractivity contribution in [2.24, 2.45) is 0 Å². The van der Waals surface area contributed by atoms with Gasteiger partial charge in [0.1, 0.15) is 0 Å². The van der Waals surface area contributed by atoms with E-state index in [0.29, 0.717) is 17.5 Å². The second-order valence-corrected chi connectivity index (χ2v) is 13.1. The predicted octanol–water partition coefficient (Wildman–Crippen LogP) is 5.06. The Labute approximate surface area is 199 Å². The van der Waals surface area contributed by atoms with Crippen molar-refractivity contribution in [2.75, 3.05) is 18.0 Å². The number of sulfone groups is 1. The van der Waals surface area contributed by atoms with Gasteiger partial charge in [-0.3, -0.25) is 4.79 Å². The van der Waals surface area contributed by atoms with Gasteiger partial charge >= 0.3 is 0 Å². The largest absolute Gasteiger partial charge is 0.372 e. The summed E-state index contributed by atoms with van der Waals surface area (Å²) in [6.07, 6.45) is 0.704. The molecule has 3 rings (SSSR count). The summed E-state index contributed by atoms with van der Waals surface area (Å²) in [6, 6.07) is 11.2. The molecule has 0 unspecified atom stereocenters. The van der Waals surface area contributed by atoms with E-state index in [0.717, 1.165) is 24.2 Å². The SMILES string of the molecule is Cc1c(CC(=O)c2ccc(CS(=O)(=O)C(C)(C)C)cc2)ccc(N2C[C@@H](C)O[C@@H](C)C2)c1C. The number of anilines is 1. The highest BCUT2D eigenvalue weighted by Gasteiger charge is 2.29. The van der Waals surface area contributed by atoms with E-state index in [1.165, 1.54) is 11.3 Å². The number of ether oxygens (including phenoxy) is 1. The van der Waals surface area contributed by atoms with Crippen molar-refractivity contribution in [1.29, 1.82) is 0 Å². The van der Waals surface area contributed by atoms with Gasteiger partial charge in [0.2, 0.25) is 0 Å². The van der Waals surface area contributed by atoms with E-state index in [4.69, 9.17) is 4.74 Å². The molecule has 6 heteroatoms. The molecule has 0 aliphatic carbocycles. The maximum absolute atomic E-state index is 13.0. The van der Waals surface area contributed by atoms with Crippen LogP contribution in [0.5, 0.6) is 0 Å². The lowest BCUT2D eigenvalue weighted by atomic mass is 9.94. The maximum Gasteiger partial charge on any atom is 0.167 e. The fraction of sp³-hybridized carbons (Fsp3) is 0.519. The number of rotatable bonds is 6. The number of benzene rings is 2. The van der Waals surface area contributed by atoms with Gasteiger partial charge in [-0.05, 0) is 76.8 Å². The first-order chi connectivity index (χ1) is 15.3. The van der Waals surface area contributed by atoms with Crippen LogP contribution in [0, 0.1) is 13.8 Å². The molecule has 2 aromatic carbocycles. The smallest absolute Gasteiger partial charge is 0.167 e. The predicted molar refractivity (Wildman–Crippen MR) is 135 cm³/mol. The van der Waals surface area contributed by atoms with Crippen LogP contribution in [0.3, 0.4) is 0 Å². The van der Waals surface area contributed by atoms with Crippen molar-refractivity contribution >= 4 is 21.3 Å². The Hall–Kier alpha value is -2.18. The Morgan fingerprint density at radius 1 is 0.970 bits per heavy atom. The average Bonchev–Trinajstić information content (AvgIpc) is 2.70. The minimum absolute atomic E-state index is 0.0243. The zero-order valence-corrected chi connectivity index (χ0v) is 21.8. The Morgan fingerprint density at radius 3 is 2.09 bits per heavy atom. The van der Waals surface area contributed by atoms with Gasteiger partial charge in [-0.2, -0.15) is 0 Å². The van der Waals surface area contributed by atoms with E-state index >= 15 is 0 Å². The molecule has 5 nitrogen and oxygen atoms in total. The normalized spacial score (nSPS) is 19.5. The quantitative estimate of drug-likeness (QED) is 0.551. The van der Waals surface area contributed by atoms with Gasteiger partial charge in [0.05, 0.1) is 22.7 Å². The fourth-order valence-electron chi connectivity index (χ4n) is 4.27. The molecule has 0 radical (unpaired) electrons. The van der Waals surface area contributed by atoms with Crippen molar-refractivity contribution in [3.8, 4) is 0 Å². The van der Waals surface area contributed by atoms with E-state index in [1.54, 1.807) is 45.0 Å². The van der Waals surface area contributed by atoms with Crippen LogP contribution in [0.1, 0.15) is 67.2 Å². The molecule has 1 fully saturated rings. The summed E-state index contributed by atoms with van der Waals surface area (Å²) >= 11 is 0. The molecule has 1 aliphatic heterocycles. The Morgan fingerprint density at radius 2 is 1.55 bits per heavy atom.